The molecule has 5 rings (SSSR count). The molecule has 2 aliphatic rings. The van der Waals surface area contributed by atoms with E-state index in [0.29, 0.717) is 18.0 Å². The molecule has 35 heavy (non-hydrogen) atoms. The number of nitrogens with one attached hydrogen (secondary N) is 2. The summed E-state index contributed by atoms with van der Waals surface area (Å²) in [6.45, 7) is 8.25. The van der Waals surface area contributed by atoms with Gasteiger partial charge in [-0.15, -0.1) is 0 Å². The lowest BCUT2D eigenvalue weighted by molar-refractivity contribution is 0.0317. The van der Waals surface area contributed by atoms with Gasteiger partial charge in [0.05, 0.1) is 23.1 Å². The molecule has 0 amide bonds. The molecule has 184 valence electrons. The molecule has 2 aliphatic heterocycles. The van der Waals surface area contributed by atoms with Crippen molar-refractivity contribution in [3.05, 3.63) is 60.2 Å². The molecule has 8 nitrogen and oxygen atoms in total. The lowest BCUT2D eigenvalue weighted by Gasteiger charge is -2.40. The third kappa shape index (κ3) is 4.82. The number of pyridine rings is 1. The van der Waals surface area contributed by atoms with Crippen LogP contribution in [0.1, 0.15) is 56.3 Å². The van der Waals surface area contributed by atoms with Gasteiger partial charge in [0.15, 0.2) is 0 Å². The normalized spacial score (nSPS) is 25.2. The number of imidazole rings is 1. The van der Waals surface area contributed by atoms with E-state index in [-0.39, 0.29) is 18.9 Å². The Morgan fingerprint density at radius 2 is 2.00 bits per heavy atom. The Hall–Kier alpha value is -2.83. The lowest BCUT2D eigenvalue weighted by atomic mass is 9.88. The van der Waals surface area contributed by atoms with Gasteiger partial charge in [0.1, 0.15) is 18.7 Å². The monoisotopic (exact) mass is 473 g/mol. The Morgan fingerprint density at radius 1 is 1.17 bits per heavy atom. The van der Waals surface area contributed by atoms with E-state index in [2.05, 4.69) is 62.3 Å². The standard InChI is InChI=1S/C27H35N7O/c1-19(26-22(10-15-31-26)21-8-13-29-14-9-21)33-16-5-12-30-18-25(33)27-32-23-6-3-4-7-24(23)34(27)20(2)35-17-11-28/h3-4,6-9,13-14,19-20,22,25-26,30-31H,5,10,12,15-18H2,1-2H3. The average Bonchev–Trinajstić information content (AvgIpc) is 3.46. The molecule has 0 bridgehead atoms. The fourth-order valence-electron chi connectivity index (χ4n) is 5.96. The number of ether oxygens (including phenoxy) is 1. The maximum absolute atomic E-state index is 9.11. The number of aromatic nitrogens is 3. The topological polar surface area (TPSA) is 91.0 Å². The minimum atomic E-state index is -0.286. The first-order chi connectivity index (χ1) is 17.2. The van der Waals surface area contributed by atoms with Gasteiger partial charge in [-0.3, -0.25) is 14.5 Å². The van der Waals surface area contributed by atoms with Crippen LogP contribution >= 0.6 is 0 Å². The number of rotatable bonds is 7. The maximum Gasteiger partial charge on any atom is 0.136 e. The lowest BCUT2D eigenvalue weighted by Crippen LogP contribution is -2.50. The number of fused-ring (bicyclic) bond motifs is 1. The van der Waals surface area contributed by atoms with Gasteiger partial charge in [0.2, 0.25) is 0 Å². The molecule has 1 aromatic carbocycles. The molecule has 5 unspecified atom stereocenters. The van der Waals surface area contributed by atoms with E-state index in [4.69, 9.17) is 15.0 Å². The van der Waals surface area contributed by atoms with Crippen LogP contribution in [0.3, 0.4) is 0 Å². The zero-order valence-corrected chi connectivity index (χ0v) is 20.6. The van der Waals surface area contributed by atoms with E-state index < -0.39 is 0 Å². The van der Waals surface area contributed by atoms with Crippen LogP contribution in [-0.4, -0.2) is 64.3 Å². The van der Waals surface area contributed by atoms with Gasteiger partial charge in [0.25, 0.3) is 0 Å². The van der Waals surface area contributed by atoms with Crippen LogP contribution in [-0.2, 0) is 4.74 Å². The number of hydrogen-bond acceptors (Lipinski definition) is 7. The summed E-state index contributed by atoms with van der Waals surface area (Å²) >= 11 is 0. The molecule has 0 saturated carbocycles. The molecule has 4 heterocycles. The van der Waals surface area contributed by atoms with Crippen molar-refractivity contribution in [3.63, 3.8) is 0 Å². The Balaban J connectivity index is 1.51. The van der Waals surface area contributed by atoms with E-state index in [1.165, 1.54) is 5.56 Å². The number of hydrogen-bond donors (Lipinski definition) is 2. The Morgan fingerprint density at radius 3 is 2.83 bits per heavy atom. The summed E-state index contributed by atoms with van der Waals surface area (Å²) in [5.41, 5.74) is 3.36. The summed E-state index contributed by atoms with van der Waals surface area (Å²) in [4.78, 5) is 12.0. The highest BCUT2D eigenvalue weighted by molar-refractivity contribution is 5.76. The Labute approximate surface area is 207 Å². The van der Waals surface area contributed by atoms with Crippen molar-refractivity contribution in [2.45, 2.75) is 57.0 Å². The second-order valence-corrected chi connectivity index (χ2v) is 9.60. The second kappa shape index (κ2) is 10.8. The van der Waals surface area contributed by atoms with Gasteiger partial charge < -0.3 is 15.4 Å². The quantitative estimate of drug-likeness (QED) is 0.544. The SMILES string of the molecule is CC(C1NCCC1c1ccncc1)N1CCCNCC1c1nc2ccccc2n1C(C)OCC#N. The van der Waals surface area contributed by atoms with Gasteiger partial charge in [-0.1, -0.05) is 12.1 Å². The van der Waals surface area contributed by atoms with Crippen molar-refractivity contribution < 1.29 is 4.74 Å². The maximum atomic E-state index is 9.11. The molecule has 0 radical (unpaired) electrons. The summed E-state index contributed by atoms with van der Waals surface area (Å²) < 4.78 is 8.07. The summed E-state index contributed by atoms with van der Waals surface area (Å²) in [5.74, 6) is 1.46. The molecule has 0 aliphatic carbocycles. The van der Waals surface area contributed by atoms with E-state index in [9.17, 15) is 0 Å². The van der Waals surface area contributed by atoms with Crippen LogP contribution in [0, 0.1) is 11.3 Å². The minimum absolute atomic E-state index is 0.0513. The first-order valence-electron chi connectivity index (χ1n) is 12.7. The van der Waals surface area contributed by atoms with Gasteiger partial charge in [-0.05, 0) is 69.6 Å². The van der Waals surface area contributed by atoms with Crippen molar-refractivity contribution >= 4 is 11.0 Å². The summed E-state index contributed by atoms with van der Waals surface area (Å²) in [6, 6.07) is 15.4. The fourth-order valence-corrected chi connectivity index (χ4v) is 5.96. The van der Waals surface area contributed by atoms with Crippen LogP contribution in [0.5, 0.6) is 0 Å². The minimum Gasteiger partial charge on any atom is -0.343 e. The van der Waals surface area contributed by atoms with Crippen molar-refractivity contribution in [2.75, 3.05) is 32.8 Å². The van der Waals surface area contributed by atoms with E-state index in [1.807, 2.05) is 31.5 Å². The van der Waals surface area contributed by atoms with Crippen LogP contribution < -0.4 is 10.6 Å². The van der Waals surface area contributed by atoms with E-state index in [0.717, 1.165) is 55.9 Å². The fraction of sp³-hybridized carbons (Fsp3) is 0.519. The van der Waals surface area contributed by atoms with Crippen LogP contribution in [0.15, 0.2) is 48.8 Å². The molecule has 5 atom stereocenters. The van der Waals surface area contributed by atoms with Crippen molar-refractivity contribution in [1.82, 2.24) is 30.1 Å². The molecule has 8 heteroatoms. The smallest absolute Gasteiger partial charge is 0.136 e. The van der Waals surface area contributed by atoms with Crippen LogP contribution in [0.25, 0.3) is 11.0 Å². The number of benzene rings is 1. The third-order valence-corrected chi connectivity index (χ3v) is 7.63. The first-order valence-corrected chi connectivity index (χ1v) is 12.7. The summed E-state index contributed by atoms with van der Waals surface area (Å²) in [5, 5.41) is 16.6. The number of nitrogens with zero attached hydrogens (tertiary/aromatic N) is 5. The number of nitriles is 1. The predicted molar refractivity (Wildman–Crippen MR) is 136 cm³/mol. The van der Waals surface area contributed by atoms with Gasteiger partial charge in [-0.25, -0.2) is 4.98 Å². The molecule has 2 saturated heterocycles. The molecule has 2 N–H and O–H groups in total. The van der Waals surface area contributed by atoms with E-state index in [1.54, 1.807) is 0 Å². The average molecular weight is 474 g/mol. The zero-order chi connectivity index (χ0) is 24.2. The van der Waals surface area contributed by atoms with E-state index >= 15 is 0 Å². The van der Waals surface area contributed by atoms with Crippen molar-refractivity contribution in [1.29, 1.82) is 5.26 Å². The summed E-state index contributed by atoms with van der Waals surface area (Å²) in [7, 11) is 0. The highest BCUT2D eigenvalue weighted by atomic mass is 16.5. The van der Waals surface area contributed by atoms with Crippen LogP contribution in [0.4, 0.5) is 0 Å². The largest absolute Gasteiger partial charge is 0.343 e. The Kier molecular flexibility index (Phi) is 7.40. The van der Waals surface area contributed by atoms with Gasteiger partial charge in [0, 0.05) is 43.5 Å². The second-order valence-electron chi connectivity index (χ2n) is 9.60. The highest BCUT2D eigenvalue weighted by Gasteiger charge is 2.39. The molecule has 2 aromatic heterocycles. The first kappa shape index (κ1) is 23.9. The Bertz CT molecular complexity index is 1160. The molecule has 2 fully saturated rings. The van der Waals surface area contributed by atoms with Crippen molar-refractivity contribution in [3.8, 4) is 6.07 Å². The molecular formula is C27H35N7O. The zero-order valence-electron chi connectivity index (χ0n) is 20.6. The third-order valence-electron chi connectivity index (χ3n) is 7.63. The molecule has 3 aromatic rings. The highest BCUT2D eigenvalue weighted by Crippen LogP contribution is 2.35. The predicted octanol–water partition coefficient (Wildman–Crippen LogP) is 3.36. The van der Waals surface area contributed by atoms with Crippen molar-refractivity contribution in [2.24, 2.45) is 0 Å². The number of para-hydroxylation sites is 2. The molecule has 0 spiro atoms. The van der Waals surface area contributed by atoms with Crippen LogP contribution in [0.2, 0.25) is 0 Å². The van der Waals surface area contributed by atoms with Gasteiger partial charge in [-0.2, -0.15) is 5.26 Å². The summed E-state index contributed by atoms with van der Waals surface area (Å²) in [6.07, 6.45) is 5.74. The van der Waals surface area contributed by atoms with Gasteiger partial charge >= 0.3 is 0 Å². The molecular weight excluding hydrogens is 438 g/mol.